The van der Waals surface area contributed by atoms with Crippen LogP contribution in [0.15, 0.2) is 15.9 Å². The molecule has 2 aromatic heterocycles. The van der Waals surface area contributed by atoms with E-state index in [0.717, 1.165) is 34.6 Å². The number of anilines is 1. The Hall–Kier alpha value is -1.01. The predicted molar refractivity (Wildman–Crippen MR) is 77.9 cm³/mol. The summed E-state index contributed by atoms with van der Waals surface area (Å²) in [6.45, 7) is 4.89. The lowest BCUT2D eigenvalue weighted by molar-refractivity contribution is 0.820. The third-order valence-corrected chi connectivity index (χ3v) is 4.18. The van der Waals surface area contributed by atoms with E-state index in [1.165, 1.54) is 4.88 Å². The van der Waals surface area contributed by atoms with Crippen molar-refractivity contribution in [3.05, 3.63) is 32.2 Å². The molecule has 4 nitrogen and oxygen atoms in total. The lowest BCUT2D eigenvalue weighted by atomic mass is 10.2. The van der Waals surface area contributed by atoms with Gasteiger partial charge in [0.25, 0.3) is 0 Å². The maximum atomic E-state index is 4.49. The first-order valence-corrected chi connectivity index (χ1v) is 7.54. The van der Waals surface area contributed by atoms with Crippen LogP contribution in [-0.4, -0.2) is 15.2 Å². The van der Waals surface area contributed by atoms with E-state index in [9.17, 15) is 0 Å². The third-order valence-electron chi connectivity index (χ3n) is 2.56. The zero-order chi connectivity index (χ0) is 13.0. The van der Waals surface area contributed by atoms with Gasteiger partial charge in [-0.1, -0.05) is 13.8 Å². The van der Waals surface area contributed by atoms with Gasteiger partial charge in [-0.2, -0.15) is 5.10 Å². The van der Waals surface area contributed by atoms with Crippen molar-refractivity contribution in [2.75, 3.05) is 5.32 Å². The summed E-state index contributed by atoms with van der Waals surface area (Å²) in [5.74, 6) is 0.605. The van der Waals surface area contributed by atoms with Gasteiger partial charge in [-0.05, 0) is 40.9 Å². The number of nitrogens with one attached hydrogen (secondary N) is 1. The van der Waals surface area contributed by atoms with Crippen LogP contribution in [0.2, 0.25) is 0 Å². The number of nitrogens with zero attached hydrogens (tertiary/aromatic N) is 3. The number of aromatic nitrogens is 3. The van der Waals surface area contributed by atoms with Crippen LogP contribution in [0.3, 0.4) is 0 Å². The summed E-state index contributed by atoms with van der Waals surface area (Å²) in [4.78, 5) is 5.73. The molecule has 0 fully saturated rings. The quantitative estimate of drug-likeness (QED) is 0.914. The maximum Gasteiger partial charge on any atom is 0.243 e. The first kappa shape index (κ1) is 13.4. The first-order chi connectivity index (χ1) is 8.72. The molecule has 0 amide bonds. The van der Waals surface area contributed by atoms with E-state index >= 15 is 0 Å². The Labute approximate surface area is 119 Å². The summed E-state index contributed by atoms with van der Waals surface area (Å²) in [6, 6.07) is 4.12. The smallest absolute Gasteiger partial charge is 0.243 e. The molecule has 18 heavy (non-hydrogen) atoms. The fraction of sp³-hybridized carbons (Fsp3) is 0.417. The SMILES string of the molecule is CCc1nnc(NCc2ccc(Br)s2)nc1CC. The molecule has 0 radical (unpaired) electrons. The molecule has 0 saturated heterocycles. The van der Waals surface area contributed by atoms with Crippen molar-refractivity contribution in [1.29, 1.82) is 0 Å². The Morgan fingerprint density at radius 2 is 1.94 bits per heavy atom. The summed E-state index contributed by atoms with van der Waals surface area (Å²) >= 11 is 5.15. The fourth-order valence-electron chi connectivity index (χ4n) is 1.63. The van der Waals surface area contributed by atoms with E-state index in [4.69, 9.17) is 0 Å². The van der Waals surface area contributed by atoms with Gasteiger partial charge in [0.2, 0.25) is 5.95 Å². The average molecular weight is 327 g/mol. The van der Waals surface area contributed by atoms with Gasteiger partial charge in [-0.15, -0.1) is 16.4 Å². The molecule has 0 unspecified atom stereocenters. The van der Waals surface area contributed by atoms with Gasteiger partial charge in [0.15, 0.2) is 0 Å². The number of aryl methyl sites for hydroxylation is 2. The minimum absolute atomic E-state index is 0.605. The van der Waals surface area contributed by atoms with Crippen molar-refractivity contribution >= 4 is 33.2 Å². The van der Waals surface area contributed by atoms with Gasteiger partial charge >= 0.3 is 0 Å². The highest BCUT2D eigenvalue weighted by Gasteiger charge is 2.06. The predicted octanol–water partition coefficient (Wildman–Crippen LogP) is 3.43. The summed E-state index contributed by atoms with van der Waals surface area (Å²) in [5, 5.41) is 11.5. The minimum Gasteiger partial charge on any atom is -0.348 e. The Balaban J connectivity index is 2.05. The fourth-order valence-corrected chi connectivity index (χ4v) is 3.05. The van der Waals surface area contributed by atoms with Crippen molar-refractivity contribution in [3.63, 3.8) is 0 Å². The van der Waals surface area contributed by atoms with Crippen molar-refractivity contribution in [2.45, 2.75) is 33.2 Å². The molecule has 2 aromatic rings. The summed E-state index contributed by atoms with van der Waals surface area (Å²) in [7, 11) is 0. The second-order valence-electron chi connectivity index (χ2n) is 3.80. The highest BCUT2D eigenvalue weighted by Crippen LogP contribution is 2.22. The van der Waals surface area contributed by atoms with E-state index in [-0.39, 0.29) is 0 Å². The molecule has 2 rings (SSSR count). The van der Waals surface area contributed by atoms with Gasteiger partial charge < -0.3 is 5.32 Å². The normalized spacial score (nSPS) is 10.6. The number of halogens is 1. The molecule has 2 heterocycles. The molecule has 0 saturated carbocycles. The molecule has 0 aliphatic heterocycles. The van der Waals surface area contributed by atoms with Gasteiger partial charge in [-0.3, -0.25) is 0 Å². The molecule has 0 atom stereocenters. The van der Waals surface area contributed by atoms with E-state index in [1.807, 2.05) is 6.07 Å². The van der Waals surface area contributed by atoms with Crippen LogP contribution in [0.4, 0.5) is 5.95 Å². The van der Waals surface area contributed by atoms with Crippen LogP contribution >= 0.6 is 27.3 Å². The lowest BCUT2D eigenvalue weighted by Gasteiger charge is -2.06. The topological polar surface area (TPSA) is 50.7 Å². The molecule has 0 bridgehead atoms. The molecule has 6 heteroatoms. The van der Waals surface area contributed by atoms with E-state index < -0.39 is 0 Å². The van der Waals surface area contributed by atoms with Crippen LogP contribution in [0.1, 0.15) is 30.1 Å². The average Bonchev–Trinajstić information content (AvgIpc) is 2.81. The number of hydrogen-bond donors (Lipinski definition) is 1. The van der Waals surface area contributed by atoms with Gasteiger partial charge in [0.05, 0.1) is 21.7 Å². The summed E-state index contributed by atoms with van der Waals surface area (Å²) < 4.78 is 1.13. The highest BCUT2D eigenvalue weighted by atomic mass is 79.9. The highest BCUT2D eigenvalue weighted by molar-refractivity contribution is 9.11. The van der Waals surface area contributed by atoms with Crippen LogP contribution in [0.5, 0.6) is 0 Å². The Morgan fingerprint density at radius 1 is 1.17 bits per heavy atom. The van der Waals surface area contributed by atoms with Crippen molar-refractivity contribution in [3.8, 4) is 0 Å². The maximum absolute atomic E-state index is 4.49. The molecule has 0 aliphatic rings. The minimum atomic E-state index is 0.605. The molecule has 0 aromatic carbocycles. The zero-order valence-corrected chi connectivity index (χ0v) is 12.8. The Bertz CT molecular complexity index is 527. The first-order valence-electron chi connectivity index (χ1n) is 5.93. The van der Waals surface area contributed by atoms with E-state index in [2.05, 4.69) is 56.3 Å². The largest absolute Gasteiger partial charge is 0.348 e. The standard InChI is InChI=1S/C12H15BrN4S/c1-3-9-10(4-2)16-17-12(15-9)14-7-8-5-6-11(13)18-8/h5-6H,3-4,7H2,1-2H3,(H,14,15,17). The van der Waals surface area contributed by atoms with Crippen LogP contribution in [-0.2, 0) is 19.4 Å². The molecule has 96 valence electrons. The third kappa shape index (κ3) is 3.26. The second-order valence-corrected chi connectivity index (χ2v) is 6.34. The molecular formula is C12H15BrN4S. The number of rotatable bonds is 5. The van der Waals surface area contributed by atoms with Crippen molar-refractivity contribution in [1.82, 2.24) is 15.2 Å². The lowest BCUT2D eigenvalue weighted by Crippen LogP contribution is -2.08. The molecule has 0 aliphatic carbocycles. The van der Waals surface area contributed by atoms with Gasteiger partial charge in [0.1, 0.15) is 0 Å². The Morgan fingerprint density at radius 3 is 2.56 bits per heavy atom. The molecular weight excluding hydrogens is 312 g/mol. The van der Waals surface area contributed by atoms with Crippen molar-refractivity contribution in [2.24, 2.45) is 0 Å². The van der Waals surface area contributed by atoms with Crippen LogP contribution < -0.4 is 5.32 Å². The zero-order valence-electron chi connectivity index (χ0n) is 10.4. The van der Waals surface area contributed by atoms with E-state index in [0.29, 0.717) is 5.95 Å². The van der Waals surface area contributed by atoms with Gasteiger partial charge in [-0.25, -0.2) is 4.98 Å². The summed E-state index contributed by atoms with van der Waals surface area (Å²) in [5.41, 5.74) is 2.02. The monoisotopic (exact) mass is 326 g/mol. The summed E-state index contributed by atoms with van der Waals surface area (Å²) in [6.07, 6.45) is 1.76. The number of hydrogen-bond acceptors (Lipinski definition) is 5. The Kier molecular flexibility index (Phi) is 4.66. The van der Waals surface area contributed by atoms with E-state index in [1.54, 1.807) is 11.3 Å². The second kappa shape index (κ2) is 6.24. The van der Waals surface area contributed by atoms with Gasteiger partial charge in [0, 0.05) is 4.88 Å². The van der Waals surface area contributed by atoms with Crippen LogP contribution in [0, 0.1) is 0 Å². The van der Waals surface area contributed by atoms with Crippen LogP contribution in [0.25, 0.3) is 0 Å². The molecule has 0 spiro atoms. The number of thiophene rings is 1. The van der Waals surface area contributed by atoms with Crippen molar-refractivity contribution < 1.29 is 0 Å². The molecule has 1 N–H and O–H groups in total.